The van der Waals surface area contributed by atoms with Crippen LogP contribution in [-0.2, 0) is 0 Å². The Morgan fingerprint density at radius 2 is 0.967 bits per heavy atom. The van der Waals surface area contributed by atoms with Crippen molar-refractivity contribution in [2.24, 2.45) is 0 Å². The maximum Gasteiger partial charge on any atom is 0.318 e. The Hall–Kier alpha value is 0.01000. The molecule has 2 aromatic carbocycles. The molecule has 0 fully saturated rings. The number of urea groups is 1. The molecular formula is C17H14Br2Cl6N4O. The summed E-state index contributed by atoms with van der Waals surface area (Å²) in [6.07, 6.45) is -2.18. The molecule has 2 aromatic rings. The summed E-state index contributed by atoms with van der Waals surface area (Å²) in [7, 11) is 0. The highest BCUT2D eigenvalue weighted by atomic mass is 79.9. The molecule has 0 aliphatic rings. The van der Waals surface area contributed by atoms with Crippen LogP contribution < -0.4 is 21.3 Å². The van der Waals surface area contributed by atoms with Crippen LogP contribution in [0.3, 0.4) is 0 Å². The van der Waals surface area contributed by atoms with Crippen LogP contribution >= 0.6 is 101 Å². The summed E-state index contributed by atoms with van der Waals surface area (Å²) >= 11 is 42.8. The van der Waals surface area contributed by atoms with Gasteiger partial charge in [-0.2, -0.15) is 0 Å². The van der Waals surface area contributed by atoms with E-state index in [4.69, 9.17) is 69.6 Å². The molecule has 5 nitrogen and oxygen atoms in total. The second kappa shape index (κ2) is 11.2. The van der Waals surface area contributed by atoms with Gasteiger partial charge in [0.05, 0.1) is 0 Å². The highest BCUT2D eigenvalue weighted by molar-refractivity contribution is 9.10. The molecule has 30 heavy (non-hydrogen) atoms. The zero-order chi connectivity index (χ0) is 22.5. The van der Waals surface area contributed by atoms with Crippen LogP contribution in [0.1, 0.15) is 0 Å². The molecule has 0 aliphatic heterocycles. The molecule has 0 saturated carbocycles. The quantitative estimate of drug-likeness (QED) is 0.192. The van der Waals surface area contributed by atoms with E-state index >= 15 is 0 Å². The predicted molar refractivity (Wildman–Crippen MR) is 135 cm³/mol. The van der Waals surface area contributed by atoms with Gasteiger partial charge in [-0.25, -0.2) is 4.79 Å². The molecule has 164 valence electrons. The maximum absolute atomic E-state index is 12.6. The number of hydrogen-bond donors (Lipinski definition) is 4. The van der Waals surface area contributed by atoms with E-state index in [9.17, 15) is 4.79 Å². The van der Waals surface area contributed by atoms with E-state index < -0.39 is 25.9 Å². The van der Waals surface area contributed by atoms with E-state index in [-0.39, 0.29) is 0 Å². The minimum Gasteiger partial charge on any atom is -0.362 e. The predicted octanol–water partition coefficient (Wildman–Crippen LogP) is 7.43. The van der Waals surface area contributed by atoms with Gasteiger partial charge < -0.3 is 21.3 Å². The fourth-order valence-electron chi connectivity index (χ4n) is 2.13. The average molecular weight is 663 g/mol. The maximum atomic E-state index is 12.6. The fourth-order valence-corrected chi connectivity index (χ4v) is 3.31. The third-order valence-corrected chi connectivity index (χ3v) is 5.88. The smallest absolute Gasteiger partial charge is 0.318 e. The first-order valence-electron chi connectivity index (χ1n) is 8.09. The van der Waals surface area contributed by atoms with Crippen LogP contribution in [0.2, 0.25) is 0 Å². The molecule has 2 amide bonds. The molecule has 0 spiro atoms. The first-order valence-corrected chi connectivity index (χ1v) is 11.9. The first kappa shape index (κ1) is 26.3. The summed E-state index contributed by atoms with van der Waals surface area (Å²) in [4.78, 5) is 12.6. The van der Waals surface area contributed by atoms with Crippen molar-refractivity contribution in [3.63, 3.8) is 0 Å². The van der Waals surface area contributed by atoms with Crippen molar-refractivity contribution in [3.05, 3.63) is 57.5 Å². The van der Waals surface area contributed by atoms with Crippen molar-refractivity contribution in [1.82, 2.24) is 10.6 Å². The molecule has 4 N–H and O–H groups in total. The summed E-state index contributed by atoms with van der Waals surface area (Å²) in [5.41, 5.74) is 1.22. The Labute approximate surface area is 220 Å². The lowest BCUT2D eigenvalue weighted by atomic mass is 10.3. The average Bonchev–Trinajstić information content (AvgIpc) is 2.62. The Kier molecular flexibility index (Phi) is 9.84. The topological polar surface area (TPSA) is 65.2 Å². The SMILES string of the molecule is O=C(N[C@H](Nc1ccc(Br)cc1)C(Cl)(Cl)Cl)N[C@H](Nc1ccc(Br)cc1)C(Cl)(Cl)Cl. The standard InChI is InChI=1S/C17H14Br2Cl6N4O/c18-9-1-5-11(6-2-9)26-13(16(20,21)22)28-15(30)29-14(17(23,24)25)27-12-7-3-10(19)4-8-12/h1-8,13-14,26-27H,(H2,28,29,30)/t13-,14-/m0/s1. The van der Waals surface area contributed by atoms with Crippen molar-refractivity contribution in [2.75, 3.05) is 10.6 Å². The van der Waals surface area contributed by atoms with Crippen molar-refractivity contribution < 1.29 is 4.79 Å². The van der Waals surface area contributed by atoms with E-state index in [2.05, 4.69) is 53.1 Å². The lowest BCUT2D eigenvalue weighted by molar-refractivity contribution is 0.235. The number of hydrogen-bond acceptors (Lipinski definition) is 3. The van der Waals surface area contributed by atoms with Gasteiger partial charge in [0, 0.05) is 20.3 Å². The third kappa shape index (κ3) is 8.87. The van der Waals surface area contributed by atoms with Gasteiger partial charge in [-0.15, -0.1) is 0 Å². The van der Waals surface area contributed by atoms with Gasteiger partial charge in [0.15, 0.2) is 0 Å². The van der Waals surface area contributed by atoms with Crippen LogP contribution in [-0.4, -0.2) is 25.9 Å². The Morgan fingerprint density at radius 3 is 1.23 bits per heavy atom. The Balaban J connectivity index is 2.10. The number of amides is 2. The molecule has 0 unspecified atom stereocenters. The number of anilines is 2. The molecule has 2 atom stereocenters. The second-order valence-corrected chi connectivity index (χ2v) is 12.4. The monoisotopic (exact) mass is 658 g/mol. The van der Waals surface area contributed by atoms with E-state index in [1.54, 1.807) is 48.5 Å². The zero-order valence-electron chi connectivity index (χ0n) is 14.7. The first-order chi connectivity index (χ1) is 13.8. The normalized spacial score (nSPS) is 13.9. The van der Waals surface area contributed by atoms with Crippen LogP contribution in [0.5, 0.6) is 0 Å². The van der Waals surface area contributed by atoms with Crippen molar-refractivity contribution in [2.45, 2.75) is 19.9 Å². The largest absolute Gasteiger partial charge is 0.362 e. The minimum absolute atomic E-state index is 0.612. The van der Waals surface area contributed by atoms with Gasteiger partial charge in [-0.3, -0.25) is 0 Å². The summed E-state index contributed by atoms with van der Waals surface area (Å²) in [5.74, 6) is 0. The molecular weight excluding hydrogens is 649 g/mol. The van der Waals surface area contributed by atoms with Gasteiger partial charge >= 0.3 is 6.03 Å². The van der Waals surface area contributed by atoms with Crippen molar-refractivity contribution >= 4 is 119 Å². The second-order valence-electron chi connectivity index (χ2n) is 5.87. The number of carbonyl (C=O) groups is 1. The highest BCUT2D eigenvalue weighted by Crippen LogP contribution is 2.33. The van der Waals surface area contributed by atoms with Gasteiger partial charge in [0.1, 0.15) is 12.3 Å². The van der Waals surface area contributed by atoms with E-state index in [1.807, 2.05) is 0 Å². The van der Waals surface area contributed by atoms with Gasteiger partial charge in [-0.1, -0.05) is 101 Å². The van der Waals surface area contributed by atoms with E-state index in [1.165, 1.54) is 0 Å². The summed E-state index contributed by atoms with van der Waals surface area (Å²) in [6, 6.07) is 13.4. The number of carbonyl (C=O) groups excluding carboxylic acids is 1. The van der Waals surface area contributed by atoms with Crippen LogP contribution in [0.25, 0.3) is 0 Å². The van der Waals surface area contributed by atoms with Crippen molar-refractivity contribution in [1.29, 1.82) is 0 Å². The molecule has 0 aromatic heterocycles. The van der Waals surface area contributed by atoms with Gasteiger partial charge in [0.2, 0.25) is 7.59 Å². The minimum atomic E-state index is -1.88. The van der Waals surface area contributed by atoms with E-state index in [0.29, 0.717) is 11.4 Å². The lowest BCUT2D eigenvalue weighted by Gasteiger charge is -2.31. The molecule has 0 bridgehead atoms. The zero-order valence-corrected chi connectivity index (χ0v) is 22.4. The van der Waals surface area contributed by atoms with Crippen LogP contribution in [0.15, 0.2) is 57.5 Å². The summed E-state index contributed by atoms with van der Waals surface area (Å²) in [6.45, 7) is 0. The van der Waals surface area contributed by atoms with Crippen LogP contribution in [0, 0.1) is 0 Å². The van der Waals surface area contributed by atoms with Gasteiger partial charge in [-0.05, 0) is 48.5 Å². The molecule has 0 heterocycles. The fraction of sp³-hybridized carbons (Fsp3) is 0.235. The molecule has 0 saturated heterocycles. The third-order valence-electron chi connectivity index (χ3n) is 3.52. The number of halogens is 8. The van der Waals surface area contributed by atoms with Gasteiger partial charge in [0.25, 0.3) is 0 Å². The molecule has 0 radical (unpaired) electrons. The van der Waals surface area contributed by atoms with Crippen LogP contribution in [0.4, 0.5) is 16.2 Å². The summed E-state index contributed by atoms with van der Waals surface area (Å²) in [5, 5.41) is 10.9. The van der Waals surface area contributed by atoms with Crippen molar-refractivity contribution in [3.8, 4) is 0 Å². The number of benzene rings is 2. The van der Waals surface area contributed by atoms with E-state index in [0.717, 1.165) is 8.95 Å². The Morgan fingerprint density at radius 1 is 0.667 bits per heavy atom. The lowest BCUT2D eigenvalue weighted by Crippen LogP contribution is -2.57. The number of rotatable bonds is 6. The number of alkyl halides is 6. The molecule has 2 rings (SSSR count). The summed E-state index contributed by atoms with van der Waals surface area (Å²) < 4.78 is -2.01. The molecule has 0 aliphatic carbocycles. The number of nitrogens with one attached hydrogen (secondary N) is 4. The molecule has 13 heteroatoms. The Bertz CT molecular complexity index is 774. The highest BCUT2D eigenvalue weighted by Gasteiger charge is 2.37.